The summed E-state index contributed by atoms with van der Waals surface area (Å²) in [5.74, 6) is 0.558. The van der Waals surface area contributed by atoms with E-state index in [2.05, 4.69) is 15.3 Å². The van der Waals surface area contributed by atoms with Gasteiger partial charge in [0.25, 0.3) is 11.5 Å². The lowest BCUT2D eigenvalue weighted by Gasteiger charge is -2.29. The van der Waals surface area contributed by atoms with Crippen LogP contribution in [0.4, 0.5) is 0 Å². The Kier molecular flexibility index (Phi) is 7.49. The third-order valence-corrected chi connectivity index (χ3v) is 6.55. The first-order valence-corrected chi connectivity index (χ1v) is 12.0. The number of aromatic amines is 1. The minimum Gasteiger partial charge on any atom is -0.352 e. The average Bonchev–Trinajstić information content (AvgIpc) is 3.13. The minimum absolute atomic E-state index is 0.111. The summed E-state index contributed by atoms with van der Waals surface area (Å²) in [6, 6.07) is 0. The monoisotopic (exact) mass is 434 g/mol. The van der Waals surface area contributed by atoms with Crippen LogP contribution in [0.3, 0.4) is 0 Å². The predicted molar refractivity (Wildman–Crippen MR) is 117 cm³/mol. The van der Waals surface area contributed by atoms with Gasteiger partial charge < -0.3 is 15.2 Å². The van der Waals surface area contributed by atoms with E-state index in [9.17, 15) is 14.4 Å². The number of hydrogen-bond acceptors (Lipinski definition) is 6. The van der Waals surface area contributed by atoms with E-state index in [1.165, 1.54) is 0 Å². The normalized spacial score (nSPS) is 13.2. The van der Waals surface area contributed by atoms with Crippen LogP contribution in [0.2, 0.25) is 0 Å². The van der Waals surface area contributed by atoms with Gasteiger partial charge in [0.1, 0.15) is 5.56 Å². The van der Waals surface area contributed by atoms with E-state index in [1.54, 1.807) is 34.2 Å². The van der Waals surface area contributed by atoms with Crippen molar-refractivity contribution in [2.75, 3.05) is 25.1 Å². The molecule has 3 heterocycles. The molecule has 0 aliphatic carbocycles. The molecule has 2 amide bonds. The Hall–Kier alpha value is -2.13. The topological polar surface area (TPSA) is 95.2 Å². The molecule has 0 bridgehead atoms. The Balaban J connectivity index is 1.62. The Labute approximate surface area is 178 Å². The molecule has 29 heavy (non-hydrogen) atoms. The molecule has 2 aromatic heterocycles. The lowest BCUT2D eigenvalue weighted by Crippen LogP contribution is -2.40. The van der Waals surface area contributed by atoms with Crippen LogP contribution in [0.15, 0.2) is 16.4 Å². The molecule has 0 fully saturated rings. The van der Waals surface area contributed by atoms with Crippen molar-refractivity contribution in [3.8, 4) is 0 Å². The first kappa shape index (κ1) is 21.6. The van der Waals surface area contributed by atoms with E-state index in [-0.39, 0.29) is 22.9 Å². The number of thioether (sulfide) groups is 1. The Bertz CT molecular complexity index is 938. The fourth-order valence-electron chi connectivity index (χ4n) is 3.42. The Morgan fingerprint density at radius 3 is 2.97 bits per heavy atom. The molecule has 1 aliphatic rings. The van der Waals surface area contributed by atoms with E-state index in [0.29, 0.717) is 32.5 Å². The van der Waals surface area contributed by atoms with Crippen molar-refractivity contribution in [1.29, 1.82) is 0 Å². The summed E-state index contributed by atoms with van der Waals surface area (Å²) >= 11 is 3.27. The van der Waals surface area contributed by atoms with Gasteiger partial charge in [0.2, 0.25) is 5.91 Å². The van der Waals surface area contributed by atoms with Crippen LogP contribution < -0.4 is 10.9 Å². The first-order valence-electron chi connectivity index (χ1n) is 9.69. The van der Waals surface area contributed by atoms with E-state index in [0.717, 1.165) is 40.4 Å². The van der Waals surface area contributed by atoms with Crippen molar-refractivity contribution in [2.45, 2.75) is 39.2 Å². The highest BCUT2D eigenvalue weighted by molar-refractivity contribution is 7.98. The van der Waals surface area contributed by atoms with Crippen molar-refractivity contribution in [3.05, 3.63) is 49.3 Å². The number of thiazole rings is 1. The highest BCUT2D eigenvalue weighted by atomic mass is 32.2. The van der Waals surface area contributed by atoms with Crippen LogP contribution in [0.25, 0.3) is 0 Å². The van der Waals surface area contributed by atoms with Crippen LogP contribution in [0.5, 0.6) is 0 Å². The molecule has 2 N–H and O–H groups in total. The molecule has 1 aliphatic heterocycles. The molecule has 0 saturated heterocycles. The summed E-state index contributed by atoms with van der Waals surface area (Å²) in [6.07, 6.45) is 6.20. The highest BCUT2D eigenvalue weighted by Crippen LogP contribution is 2.21. The van der Waals surface area contributed by atoms with Gasteiger partial charge in [-0.05, 0) is 37.1 Å². The van der Waals surface area contributed by atoms with Gasteiger partial charge in [-0.1, -0.05) is 0 Å². The van der Waals surface area contributed by atoms with Crippen LogP contribution in [-0.4, -0.2) is 51.8 Å². The van der Waals surface area contributed by atoms with Gasteiger partial charge in [0, 0.05) is 55.5 Å². The average molecular weight is 435 g/mol. The number of rotatable bonds is 8. The van der Waals surface area contributed by atoms with Gasteiger partial charge in [-0.25, -0.2) is 4.98 Å². The zero-order valence-corrected chi connectivity index (χ0v) is 18.4. The fraction of sp³-hybridized carbons (Fsp3) is 0.500. The smallest absolute Gasteiger partial charge is 0.261 e. The van der Waals surface area contributed by atoms with Gasteiger partial charge >= 0.3 is 0 Å². The quantitative estimate of drug-likeness (QED) is 0.621. The maximum atomic E-state index is 12.7. The number of carbonyl (C=O) groups excluding carboxylic acids is 2. The third kappa shape index (κ3) is 5.48. The molecule has 0 saturated carbocycles. The summed E-state index contributed by atoms with van der Waals surface area (Å²) in [6.45, 7) is 3.42. The number of aryl methyl sites for hydroxylation is 2. The first-order chi connectivity index (χ1) is 14.0. The van der Waals surface area contributed by atoms with E-state index in [4.69, 9.17) is 0 Å². The van der Waals surface area contributed by atoms with E-state index in [1.807, 2.05) is 18.6 Å². The number of amides is 2. The summed E-state index contributed by atoms with van der Waals surface area (Å²) in [4.78, 5) is 46.2. The molecular formula is C20H26N4O3S2. The lowest BCUT2D eigenvalue weighted by atomic mass is 9.96. The molecule has 0 spiro atoms. The lowest BCUT2D eigenvalue weighted by molar-refractivity contribution is -0.131. The van der Waals surface area contributed by atoms with Gasteiger partial charge in [0.05, 0.1) is 5.01 Å². The number of carbonyl (C=O) groups is 2. The van der Waals surface area contributed by atoms with Crippen molar-refractivity contribution in [1.82, 2.24) is 20.2 Å². The number of H-pyrrole nitrogens is 1. The van der Waals surface area contributed by atoms with Crippen molar-refractivity contribution in [3.63, 3.8) is 0 Å². The molecule has 0 radical (unpaired) electrons. The van der Waals surface area contributed by atoms with Crippen molar-refractivity contribution >= 4 is 34.9 Å². The maximum absolute atomic E-state index is 12.7. The van der Waals surface area contributed by atoms with Crippen LogP contribution >= 0.6 is 23.1 Å². The van der Waals surface area contributed by atoms with Gasteiger partial charge in [-0.3, -0.25) is 14.4 Å². The standard InChI is InChI=1S/C20H26N4O3S2/c1-13-12-29-16(23-13)4-3-7-21-19(26)18-15-5-8-24(17(25)6-9-28-2)11-14(15)10-22-20(18)27/h10,12H,3-9,11H2,1-2H3,(H,21,26)(H,22,27). The number of fused-ring (bicyclic) bond motifs is 1. The molecule has 2 aromatic rings. The summed E-state index contributed by atoms with van der Waals surface area (Å²) in [5.41, 5.74) is 2.42. The second-order valence-electron chi connectivity index (χ2n) is 7.05. The predicted octanol–water partition coefficient (Wildman–Crippen LogP) is 2.14. The molecule has 0 unspecified atom stereocenters. The molecule has 9 heteroatoms. The number of pyridine rings is 1. The number of hydrogen-bond donors (Lipinski definition) is 2. The van der Waals surface area contributed by atoms with Crippen LogP contribution in [-0.2, 0) is 24.2 Å². The summed E-state index contributed by atoms with van der Waals surface area (Å²) < 4.78 is 0. The van der Waals surface area contributed by atoms with Gasteiger partial charge in [-0.2, -0.15) is 11.8 Å². The summed E-state index contributed by atoms with van der Waals surface area (Å²) in [5, 5.41) is 5.93. The van der Waals surface area contributed by atoms with E-state index < -0.39 is 0 Å². The fourth-order valence-corrected chi connectivity index (χ4v) is 4.61. The van der Waals surface area contributed by atoms with Crippen LogP contribution in [0, 0.1) is 6.92 Å². The SMILES string of the molecule is CSCCC(=O)N1CCc2c(c[nH]c(=O)c2C(=O)NCCCc2nc(C)cs2)C1. The zero-order chi connectivity index (χ0) is 20.8. The summed E-state index contributed by atoms with van der Waals surface area (Å²) in [7, 11) is 0. The Morgan fingerprint density at radius 1 is 1.41 bits per heavy atom. The molecule has 3 rings (SSSR count). The zero-order valence-electron chi connectivity index (χ0n) is 16.7. The van der Waals surface area contributed by atoms with Crippen molar-refractivity contribution < 1.29 is 9.59 Å². The van der Waals surface area contributed by atoms with Crippen molar-refractivity contribution in [2.24, 2.45) is 0 Å². The van der Waals surface area contributed by atoms with Crippen LogP contribution in [0.1, 0.15) is 45.0 Å². The van der Waals surface area contributed by atoms with E-state index >= 15 is 0 Å². The van der Waals surface area contributed by atoms with Gasteiger partial charge in [-0.15, -0.1) is 11.3 Å². The van der Waals surface area contributed by atoms with Gasteiger partial charge in [0.15, 0.2) is 0 Å². The highest BCUT2D eigenvalue weighted by Gasteiger charge is 2.26. The molecule has 0 aromatic carbocycles. The maximum Gasteiger partial charge on any atom is 0.261 e. The minimum atomic E-state index is -0.376. The number of nitrogens with one attached hydrogen (secondary N) is 2. The molecule has 7 nitrogen and oxygen atoms in total. The third-order valence-electron chi connectivity index (χ3n) is 4.91. The Morgan fingerprint density at radius 2 is 2.24 bits per heavy atom. The second kappa shape index (κ2) is 10.1. The second-order valence-corrected chi connectivity index (χ2v) is 8.98. The largest absolute Gasteiger partial charge is 0.352 e. The number of aromatic nitrogens is 2. The molecule has 156 valence electrons. The molecular weight excluding hydrogens is 408 g/mol. The molecule has 0 atom stereocenters. The number of nitrogens with zero attached hydrogens (tertiary/aromatic N) is 2.